The van der Waals surface area contributed by atoms with Crippen LogP contribution >= 0.6 is 0 Å². The SMILES string of the molecule is CO/C(C)=C\N1[Si](C)(C)c2ccccc2[Si]1(C)C. The monoisotopic (exact) mass is 277 g/mol. The van der Waals surface area contributed by atoms with Crippen LogP contribution < -0.4 is 10.4 Å². The van der Waals surface area contributed by atoms with Crippen LogP contribution in [0.2, 0.25) is 26.2 Å². The van der Waals surface area contributed by atoms with Gasteiger partial charge in [0.15, 0.2) is 16.5 Å². The molecule has 2 rings (SSSR count). The smallest absolute Gasteiger partial charge is 0.173 e. The third-order valence-electron chi connectivity index (χ3n) is 4.08. The summed E-state index contributed by atoms with van der Waals surface area (Å²) in [6.45, 7) is 11.8. The van der Waals surface area contributed by atoms with Crippen molar-refractivity contribution in [3.63, 3.8) is 0 Å². The van der Waals surface area contributed by atoms with Gasteiger partial charge >= 0.3 is 0 Å². The van der Waals surface area contributed by atoms with Crippen molar-refractivity contribution in [2.24, 2.45) is 0 Å². The van der Waals surface area contributed by atoms with Gasteiger partial charge in [-0.3, -0.25) is 0 Å². The summed E-state index contributed by atoms with van der Waals surface area (Å²) >= 11 is 0. The maximum absolute atomic E-state index is 5.36. The van der Waals surface area contributed by atoms with Crippen LogP contribution in [0.5, 0.6) is 0 Å². The minimum absolute atomic E-state index is 1.00. The molecule has 2 nitrogen and oxygen atoms in total. The Morgan fingerprint density at radius 1 is 1.06 bits per heavy atom. The predicted octanol–water partition coefficient (Wildman–Crippen LogP) is 2.33. The second kappa shape index (κ2) is 4.28. The number of methoxy groups -OCH3 is 1. The number of rotatable bonds is 2. The summed E-state index contributed by atoms with van der Waals surface area (Å²) < 4.78 is 8.03. The van der Waals surface area contributed by atoms with Crippen molar-refractivity contribution in [3.8, 4) is 0 Å². The van der Waals surface area contributed by atoms with E-state index in [2.05, 4.69) is 60.9 Å². The largest absolute Gasteiger partial charge is 0.500 e. The van der Waals surface area contributed by atoms with Crippen LogP contribution in [0.25, 0.3) is 0 Å². The zero-order chi connectivity index (χ0) is 13.6. The van der Waals surface area contributed by atoms with Crippen LogP contribution in [0.3, 0.4) is 0 Å². The van der Waals surface area contributed by atoms with E-state index in [0.717, 1.165) is 5.76 Å². The molecule has 1 aliphatic rings. The molecule has 0 radical (unpaired) electrons. The van der Waals surface area contributed by atoms with E-state index in [-0.39, 0.29) is 0 Å². The van der Waals surface area contributed by atoms with E-state index in [1.54, 1.807) is 17.5 Å². The molecule has 0 amide bonds. The molecule has 1 aromatic rings. The highest BCUT2D eigenvalue weighted by atomic mass is 28.4. The van der Waals surface area contributed by atoms with Gasteiger partial charge in [-0.05, 0) is 43.5 Å². The molecule has 0 N–H and O–H groups in total. The van der Waals surface area contributed by atoms with E-state index in [1.807, 2.05) is 6.92 Å². The van der Waals surface area contributed by atoms with Gasteiger partial charge in [0.2, 0.25) is 0 Å². The van der Waals surface area contributed by atoms with Crippen molar-refractivity contribution in [1.82, 2.24) is 4.23 Å². The molecule has 0 saturated carbocycles. The summed E-state index contributed by atoms with van der Waals surface area (Å²) in [5, 5.41) is 3.20. The fraction of sp³-hybridized carbons (Fsp3) is 0.429. The zero-order valence-electron chi connectivity index (χ0n) is 12.2. The number of hydrogen-bond donors (Lipinski definition) is 0. The first-order chi connectivity index (χ1) is 8.31. The molecular weight excluding hydrogens is 254 g/mol. The van der Waals surface area contributed by atoms with E-state index < -0.39 is 16.5 Å². The molecule has 0 saturated heterocycles. The van der Waals surface area contributed by atoms with E-state index in [0.29, 0.717) is 0 Å². The molecule has 0 atom stereocenters. The number of fused-ring (bicyclic) bond motifs is 1. The Morgan fingerprint density at radius 3 is 1.89 bits per heavy atom. The minimum atomic E-state index is -1.57. The van der Waals surface area contributed by atoms with E-state index in [9.17, 15) is 0 Å². The highest BCUT2D eigenvalue weighted by molar-refractivity contribution is 7.10. The molecule has 0 unspecified atom stereocenters. The van der Waals surface area contributed by atoms with Gasteiger partial charge in [0.25, 0.3) is 0 Å². The second-order valence-electron chi connectivity index (χ2n) is 5.98. The standard InChI is InChI=1S/C14H23NOSi2/c1-12(16-2)11-15-17(3,4)13-9-7-8-10-14(13)18(15,5)6/h7-11H,1-6H3/b12-11-. The highest BCUT2D eigenvalue weighted by Crippen LogP contribution is 2.27. The summed E-state index contributed by atoms with van der Waals surface area (Å²) in [6, 6.07) is 9.00. The van der Waals surface area contributed by atoms with Crippen molar-refractivity contribution < 1.29 is 4.74 Å². The van der Waals surface area contributed by atoms with Gasteiger partial charge in [-0.2, -0.15) is 0 Å². The van der Waals surface area contributed by atoms with Crippen LogP contribution in [0.1, 0.15) is 6.92 Å². The average molecular weight is 278 g/mol. The van der Waals surface area contributed by atoms with Gasteiger partial charge < -0.3 is 8.97 Å². The lowest BCUT2D eigenvalue weighted by Gasteiger charge is -2.38. The summed E-state index contributed by atoms with van der Waals surface area (Å²) in [5.41, 5.74) is 0. The van der Waals surface area contributed by atoms with E-state index in [4.69, 9.17) is 4.74 Å². The van der Waals surface area contributed by atoms with Gasteiger partial charge in [0.05, 0.1) is 7.11 Å². The predicted molar refractivity (Wildman–Crippen MR) is 83.3 cm³/mol. The topological polar surface area (TPSA) is 12.5 Å². The zero-order valence-corrected chi connectivity index (χ0v) is 14.2. The van der Waals surface area contributed by atoms with Crippen LogP contribution in [0.4, 0.5) is 0 Å². The summed E-state index contributed by atoms with van der Waals surface area (Å²) in [6.07, 6.45) is 2.25. The van der Waals surface area contributed by atoms with Crippen LogP contribution in [0.15, 0.2) is 36.2 Å². The van der Waals surface area contributed by atoms with Gasteiger partial charge in [-0.25, -0.2) is 0 Å². The second-order valence-corrected chi connectivity index (χ2v) is 14.7. The summed E-state index contributed by atoms with van der Waals surface area (Å²) in [4.78, 5) is 0. The number of allylic oxidation sites excluding steroid dienone is 1. The lowest BCUT2D eigenvalue weighted by Crippen LogP contribution is -2.57. The average Bonchev–Trinajstić information content (AvgIpc) is 2.48. The van der Waals surface area contributed by atoms with Gasteiger partial charge in [-0.15, -0.1) is 0 Å². The molecule has 1 aromatic carbocycles. The molecule has 1 aliphatic heterocycles. The fourth-order valence-electron chi connectivity index (χ4n) is 3.07. The highest BCUT2D eigenvalue weighted by Gasteiger charge is 2.50. The van der Waals surface area contributed by atoms with Crippen molar-refractivity contribution in [3.05, 3.63) is 36.2 Å². The number of hydrogen-bond acceptors (Lipinski definition) is 2. The van der Waals surface area contributed by atoms with Crippen LogP contribution in [0, 0.1) is 0 Å². The maximum atomic E-state index is 5.36. The van der Waals surface area contributed by atoms with E-state index in [1.165, 1.54) is 0 Å². The fourth-order valence-corrected chi connectivity index (χ4v) is 15.2. The number of nitrogens with zero attached hydrogens (tertiary/aromatic N) is 1. The van der Waals surface area contributed by atoms with Crippen LogP contribution in [-0.4, -0.2) is 27.8 Å². The number of benzene rings is 1. The van der Waals surface area contributed by atoms with Crippen LogP contribution in [-0.2, 0) is 4.74 Å². The molecular formula is C14H23NOSi2. The Labute approximate surface area is 112 Å². The Kier molecular flexibility index (Phi) is 3.19. The van der Waals surface area contributed by atoms with Gasteiger partial charge in [-0.1, -0.05) is 24.3 Å². The molecule has 1 heterocycles. The van der Waals surface area contributed by atoms with Gasteiger partial charge in [0, 0.05) is 6.20 Å². The first kappa shape index (κ1) is 13.4. The molecule has 18 heavy (non-hydrogen) atoms. The molecule has 0 aromatic heterocycles. The van der Waals surface area contributed by atoms with Crippen molar-refractivity contribution in [1.29, 1.82) is 0 Å². The lowest BCUT2D eigenvalue weighted by atomic mass is 10.4. The summed E-state index contributed by atoms with van der Waals surface area (Å²) in [7, 11) is -1.38. The molecule has 0 bridgehead atoms. The van der Waals surface area contributed by atoms with Crippen molar-refractivity contribution >= 4 is 26.8 Å². The first-order valence-electron chi connectivity index (χ1n) is 6.43. The van der Waals surface area contributed by atoms with Gasteiger partial charge in [0.1, 0.15) is 5.76 Å². The molecule has 4 heteroatoms. The maximum Gasteiger partial charge on any atom is 0.173 e. The lowest BCUT2D eigenvalue weighted by molar-refractivity contribution is 0.289. The molecule has 0 aliphatic carbocycles. The normalized spacial score (nSPS) is 20.8. The van der Waals surface area contributed by atoms with E-state index >= 15 is 0 Å². The Balaban J connectivity index is 2.58. The Hall–Kier alpha value is -1.01. The minimum Gasteiger partial charge on any atom is -0.500 e. The summed E-state index contributed by atoms with van der Waals surface area (Å²) in [5.74, 6) is 1.00. The quantitative estimate of drug-likeness (QED) is 0.608. The third kappa shape index (κ3) is 1.84. The molecule has 98 valence electrons. The Bertz CT molecular complexity index is 459. The number of ether oxygens (including phenoxy) is 1. The van der Waals surface area contributed by atoms with Crippen molar-refractivity contribution in [2.75, 3.05) is 7.11 Å². The first-order valence-corrected chi connectivity index (χ1v) is 12.3. The third-order valence-corrected chi connectivity index (χ3v) is 13.9. The Morgan fingerprint density at radius 2 is 1.50 bits per heavy atom. The van der Waals surface area contributed by atoms with Crippen molar-refractivity contribution in [2.45, 2.75) is 33.1 Å². The molecule has 0 fully saturated rings. The molecule has 0 spiro atoms.